The summed E-state index contributed by atoms with van der Waals surface area (Å²) in [4.78, 5) is 29.4. The Morgan fingerprint density at radius 3 is 2.80 bits per heavy atom. The minimum atomic E-state index is -0.468. The Labute approximate surface area is 180 Å². The molecule has 8 heteroatoms. The number of carbonyl (C=O) groups is 2. The molecule has 0 aliphatic carbocycles. The smallest absolute Gasteiger partial charge is 0.290 e. The molecule has 6 nitrogen and oxygen atoms in total. The van der Waals surface area contributed by atoms with Crippen molar-refractivity contribution in [2.45, 2.75) is 44.3 Å². The Morgan fingerprint density at radius 2 is 2.03 bits per heavy atom. The van der Waals surface area contributed by atoms with Gasteiger partial charge in [0.05, 0.1) is 6.26 Å². The highest BCUT2D eigenvalue weighted by Crippen LogP contribution is 2.23. The molecule has 3 heterocycles. The van der Waals surface area contributed by atoms with Crippen LogP contribution in [0.1, 0.15) is 41.8 Å². The molecule has 30 heavy (non-hydrogen) atoms. The van der Waals surface area contributed by atoms with E-state index in [1.54, 1.807) is 23.1 Å². The van der Waals surface area contributed by atoms with Crippen LogP contribution in [0.25, 0.3) is 0 Å². The quantitative estimate of drug-likeness (QED) is 0.784. The van der Waals surface area contributed by atoms with E-state index in [2.05, 4.69) is 10.2 Å². The number of piperidine rings is 1. The second-order valence-electron chi connectivity index (χ2n) is 7.95. The van der Waals surface area contributed by atoms with Gasteiger partial charge in [-0.25, -0.2) is 4.39 Å². The molecule has 0 radical (unpaired) electrons. The van der Waals surface area contributed by atoms with Crippen molar-refractivity contribution >= 4 is 23.4 Å². The second kappa shape index (κ2) is 9.18. The lowest BCUT2D eigenvalue weighted by molar-refractivity contribution is -0.126. The summed E-state index contributed by atoms with van der Waals surface area (Å²) < 4.78 is 18.5. The number of amides is 2. The zero-order valence-corrected chi connectivity index (χ0v) is 17.4. The number of rotatable bonds is 5. The Bertz CT molecular complexity index is 905. The van der Waals surface area contributed by atoms with Gasteiger partial charge in [0.2, 0.25) is 5.91 Å². The molecule has 1 aromatic carbocycles. The van der Waals surface area contributed by atoms with Gasteiger partial charge in [-0.1, -0.05) is 17.7 Å². The minimum absolute atomic E-state index is 0.00615. The van der Waals surface area contributed by atoms with Gasteiger partial charge < -0.3 is 14.6 Å². The van der Waals surface area contributed by atoms with Gasteiger partial charge in [-0.3, -0.25) is 14.5 Å². The Morgan fingerprint density at radius 1 is 1.20 bits per heavy atom. The molecule has 2 aromatic rings. The van der Waals surface area contributed by atoms with Gasteiger partial charge in [0.15, 0.2) is 5.76 Å². The first-order valence-electron chi connectivity index (χ1n) is 10.3. The molecule has 0 spiro atoms. The largest absolute Gasteiger partial charge is 0.459 e. The molecular weight excluding hydrogens is 409 g/mol. The Balaban J connectivity index is 1.35. The van der Waals surface area contributed by atoms with Crippen molar-refractivity contribution in [3.63, 3.8) is 0 Å². The van der Waals surface area contributed by atoms with Crippen LogP contribution in [0.4, 0.5) is 4.39 Å². The highest BCUT2D eigenvalue weighted by atomic mass is 35.5. The molecule has 2 aliphatic heterocycles. The van der Waals surface area contributed by atoms with Gasteiger partial charge in [0.1, 0.15) is 11.9 Å². The number of halogens is 2. The van der Waals surface area contributed by atoms with E-state index in [1.165, 1.54) is 18.4 Å². The number of hydrogen-bond donors (Lipinski definition) is 1. The van der Waals surface area contributed by atoms with Gasteiger partial charge in [-0.15, -0.1) is 0 Å². The van der Waals surface area contributed by atoms with Crippen LogP contribution in [0.2, 0.25) is 5.02 Å². The SMILES string of the molecule is O=C(NC1CCCN(Cc2ccc(F)cc2Cl)C1)C1CCCN1C(=O)c1ccco1. The zero-order valence-electron chi connectivity index (χ0n) is 16.7. The lowest BCUT2D eigenvalue weighted by Gasteiger charge is -2.34. The number of benzene rings is 1. The highest BCUT2D eigenvalue weighted by molar-refractivity contribution is 6.31. The predicted molar refractivity (Wildman–Crippen MR) is 111 cm³/mol. The van der Waals surface area contributed by atoms with Gasteiger partial charge in [-0.2, -0.15) is 0 Å². The average molecular weight is 434 g/mol. The van der Waals surface area contributed by atoms with Gasteiger partial charge in [0, 0.05) is 30.7 Å². The molecule has 1 N–H and O–H groups in total. The maximum atomic E-state index is 13.3. The number of nitrogens with one attached hydrogen (secondary N) is 1. The molecule has 2 aliphatic rings. The normalized spacial score (nSPS) is 22.3. The van der Waals surface area contributed by atoms with Crippen molar-refractivity contribution < 1.29 is 18.4 Å². The number of nitrogens with zero attached hydrogens (tertiary/aromatic N) is 2. The first kappa shape index (κ1) is 20.9. The van der Waals surface area contributed by atoms with Crippen LogP contribution in [0.15, 0.2) is 41.0 Å². The number of hydrogen-bond acceptors (Lipinski definition) is 4. The van der Waals surface area contributed by atoms with E-state index in [4.69, 9.17) is 16.0 Å². The summed E-state index contributed by atoms with van der Waals surface area (Å²) in [6, 6.07) is 7.27. The van der Waals surface area contributed by atoms with Crippen LogP contribution in [0.3, 0.4) is 0 Å². The Kier molecular flexibility index (Phi) is 6.39. The molecule has 2 saturated heterocycles. The zero-order chi connectivity index (χ0) is 21.1. The molecule has 2 amide bonds. The van der Waals surface area contributed by atoms with Crippen molar-refractivity contribution in [2.75, 3.05) is 19.6 Å². The fourth-order valence-electron chi connectivity index (χ4n) is 4.33. The van der Waals surface area contributed by atoms with Crippen LogP contribution in [-0.2, 0) is 11.3 Å². The maximum Gasteiger partial charge on any atom is 0.290 e. The standard InChI is InChI=1S/C22H25ClFN3O3/c23-18-12-16(24)8-7-15(18)13-26-9-1-4-17(14-26)25-21(28)19-5-2-10-27(19)22(29)20-6-3-11-30-20/h3,6-8,11-12,17,19H,1-2,4-5,9-10,13-14H2,(H,25,28). The minimum Gasteiger partial charge on any atom is -0.459 e. The lowest BCUT2D eigenvalue weighted by Crippen LogP contribution is -2.53. The third kappa shape index (κ3) is 4.68. The van der Waals surface area contributed by atoms with E-state index in [9.17, 15) is 14.0 Å². The van der Waals surface area contributed by atoms with Crippen molar-refractivity contribution in [3.8, 4) is 0 Å². The third-order valence-corrected chi connectivity index (χ3v) is 6.16. The summed E-state index contributed by atoms with van der Waals surface area (Å²) in [7, 11) is 0. The maximum absolute atomic E-state index is 13.3. The first-order valence-corrected chi connectivity index (χ1v) is 10.7. The van der Waals surface area contributed by atoms with Gasteiger partial charge in [0.25, 0.3) is 5.91 Å². The van der Waals surface area contributed by atoms with Crippen LogP contribution in [0, 0.1) is 5.82 Å². The van der Waals surface area contributed by atoms with Crippen molar-refractivity contribution in [1.82, 2.24) is 15.1 Å². The molecular formula is C22H25ClFN3O3. The van der Waals surface area contributed by atoms with E-state index in [1.807, 2.05) is 0 Å². The molecule has 2 atom stereocenters. The highest BCUT2D eigenvalue weighted by Gasteiger charge is 2.36. The van der Waals surface area contributed by atoms with E-state index >= 15 is 0 Å². The van der Waals surface area contributed by atoms with Crippen LogP contribution < -0.4 is 5.32 Å². The third-order valence-electron chi connectivity index (χ3n) is 5.81. The van der Waals surface area contributed by atoms with Crippen molar-refractivity contribution in [2.24, 2.45) is 0 Å². The van der Waals surface area contributed by atoms with Crippen LogP contribution in [-0.4, -0.2) is 53.3 Å². The lowest BCUT2D eigenvalue weighted by atomic mass is 10.0. The van der Waals surface area contributed by atoms with Crippen molar-refractivity contribution in [3.05, 3.63) is 58.8 Å². The molecule has 2 unspecified atom stereocenters. The van der Waals surface area contributed by atoms with E-state index < -0.39 is 6.04 Å². The molecule has 0 bridgehead atoms. The summed E-state index contributed by atoms with van der Waals surface area (Å²) in [5.41, 5.74) is 0.871. The number of furan rings is 1. The summed E-state index contributed by atoms with van der Waals surface area (Å²) in [6.07, 6.45) is 4.74. The summed E-state index contributed by atoms with van der Waals surface area (Å²) in [5.74, 6) is -0.444. The van der Waals surface area contributed by atoms with E-state index in [0.29, 0.717) is 31.1 Å². The van der Waals surface area contributed by atoms with Crippen molar-refractivity contribution in [1.29, 1.82) is 0 Å². The summed E-state index contributed by atoms with van der Waals surface area (Å²) in [5, 5.41) is 3.55. The van der Waals surface area contributed by atoms with Gasteiger partial charge >= 0.3 is 0 Å². The molecule has 4 rings (SSSR count). The fourth-order valence-corrected chi connectivity index (χ4v) is 4.56. The summed E-state index contributed by atoms with van der Waals surface area (Å²) in [6.45, 7) is 2.75. The molecule has 160 valence electrons. The molecule has 1 aromatic heterocycles. The van der Waals surface area contributed by atoms with E-state index in [-0.39, 0.29) is 29.4 Å². The van der Waals surface area contributed by atoms with Crippen LogP contribution >= 0.6 is 11.6 Å². The number of carbonyl (C=O) groups excluding carboxylic acids is 2. The number of likely N-dealkylation sites (tertiary alicyclic amines) is 2. The molecule has 2 fully saturated rings. The van der Waals surface area contributed by atoms with E-state index in [0.717, 1.165) is 31.4 Å². The van der Waals surface area contributed by atoms with Gasteiger partial charge in [-0.05, 0) is 62.1 Å². The monoisotopic (exact) mass is 433 g/mol. The molecule has 0 saturated carbocycles. The van der Waals surface area contributed by atoms with Crippen LogP contribution in [0.5, 0.6) is 0 Å². The fraction of sp³-hybridized carbons (Fsp3) is 0.455. The Hall–Kier alpha value is -2.38. The predicted octanol–water partition coefficient (Wildman–Crippen LogP) is 3.46. The topological polar surface area (TPSA) is 65.8 Å². The summed E-state index contributed by atoms with van der Waals surface area (Å²) >= 11 is 6.16. The second-order valence-corrected chi connectivity index (χ2v) is 8.36. The first-order chi connectivity index (χ1) is 14.5. The average Bonchev–Trinajstić information content (AvgIpc) is 3.42.